The number of hydrogen-bond acceptors (Lipinski definition) is 2. The van der Waals surface area contributed by atoms with Crippen molar-refractivity contribution in [3.8, 4) is 0 Å². The fourth-order valence-corrected chi connectivity index (χ4v) is 3.97. The van der Waals surface area contributed by atoms with Crippen LogP contribution in [0.3, 0.4) is 0 Å². The fourth-order valence-electron chi connectivity index (χ4n) is 2.53. The zero-order valence-corrected chi connectivity index (χ0v) is 21.6. The maximum absolute atomic E-state index is 13.9. The summed E-state index contributed by atoms with van der Waals surface area (Å²) in [5, 5.41) is -19.8. The van der Waals surface area contributed by atoms with Crippen molar-refractivity contribution in [2.24, 2.45) is 0 Å². The van der Waals surface area contributed by atoms with Crippen LogP contribution < -0.4 is 24.0 Å². The average molecular weight is 881 g/mol. The van der Waals surface area contributed by atoms with Crippen LogP contribution in [0.4, 0.5) is 123 Å². The van der Waals surface area contributed by atoms with Gasteiger partial charge >= 0.3 is 81.1 Å². The molecule has 0 unspecified atom stereocenters. The normalized spacial score (nSPS) is 16.9. The Labute approximate surface area is 241 Å². The predicted octanol–water partition coefficient (Wildman–Crippen LogP) is 5.30. The van der Waals surface area contributed by atoms with E-state index in [0.717, 1.165) is 0 Å². The topological polar surface area (TPSA) is 34.1 Å². The second-order valence-electron chi connectivity index (χ2n) is 7.52. The van der Waals surface area contributed by atoms with Gasteiger partial charge in [0.15, 0.2) is 0 Å². The first kappa shape index (κ1) is 45.8. The van der Waals surface area contributed by atoms with Crippen LogP contribution in [0, 0.1) is 0 Å². The summed E-state index contributed by atoms with van der Waals surface area (Å²) in [4.78, 5) is 0. The quantitative estimate of drug-likeness (QED) is 0.137. The molecule has 0 aliphatic rings. The van der Waals surface area contributed by atoms with E-state index in [4.69, 9.17) is 0 Å². The van der Waals surface area contributed by atoms with Crippen molar-refractivity contribution in [1.29, 1.82) is 0 Å². The number of alkyl halides is 28. The van der Waals surface area contributed by atoms with E-state index in [1.165, 1.54) is 0 Å². The van der Waals surface area contributed by atoms with Crippen LogP contribution in [0.1, 0.15) is 0 Å². The average Bonchev–Trinajstić information content (AvgIpc) is 2.68. The fraction of sp³-hybridized carbons (Fsp3) is 1.00. The van der Waals surface area contributed by atoms with Gasteiger partial charge in [0.2, 0.25) is 0 Å². The van der Waals surface area contributed by atoms with Crippen molar-refractivity contribution in [2.45, 2.75) is 71.2 Å². The molecule has 0 atom stereocenters. The number of sulfone groups is 1. The van der Waals surface area contributed by atoms with Crippen molar-refractivity contribution in [3.05, 3.63) is 0 Å². The zero-order valence-electron chi connectivity index (χ0n) is 18.6. The van der Waals surface area contributed by atoms with Crippen LogP contribution >= 0.6 is 0 Å². The van der Waals surface area contributed by atoms with Crippen molar-refractivity contribution >= 4 is 9.84 Å². The SMILES string of the molecule is O=S(=O)(C(F)(F)C(F)(F)C(F)(F)C(F)(F)C(F)(F)C(F)(F)C(F)(F)C(F)(F)F)C(F)(F)[N+](C(F)(F)F)(C(F)(F)F)C(F)(F)F.[I-]. The lowest BCUT2D eigenvalue weighted by Crippen LogP contribution is -3.00. The zero-order chi connectivity index (χ0) is 37.0. The highest BCUT2D eigenvalue weighted by molar-refractivity contribution is 7.93. The first-order valence-corrected chi connectivity index (χ1v) is 10.2. The van der Waals surface area contributed by atoms with Crippen LogP contribution in [-0.4, -0.2) is 84.1 Å². The minimum absolute atomic E-state index is 0. The first-order valence-electron chi connectivity index (χ1n) is 8.68. The van der Waals surface area contributed by atoms with Gasteiger partial charge in [0.1, 0.15) is 0 Å². The smallest absolute Gasteiger partial charge is 0.582 e. The lowest BCUT2D eigenvalue weighted by molar-refractivity contribution is -1.21. The second-order valence-corrected chi connectivity index (χ2v) is 9.54. The molecule has 3 nitrogen and oxygen atoms in total. The molecule has 274 valence electrons. The van der Waals surface area contributed by atoms with E-state index >= 15 is 0 Å². The van der Waals surface area contributed by atoms with Crippen molar-refractivity contribution in [2.75, 3.05) is 0 Å². The Morgan fingerprint density at radius 2 is 0.533 bits per heavy atom. The first-order chi connectivity index (χ1) is 18.2. The Hall–Kier alpha value is -1.32. The molecule has 0 N–H and O–H groups in total. The monoisotopic (exact) mass is 881 g/mol. The van der Waals surface area contributed by atoms with Gasteiger partial charge in [-0.3, -0.25) is 0 Å². The Kier molecular flexibility index (Phi) is 11.0. The standard InChI is InChI=1S/C12F28NO2S.HI/c13-1(14,3(17,18)5(21,22)7(25,26)27)2(15,16)4(19,20)6(23,24)8(28,29)44(42,43)12(39,40)41(9(30,31)32,10(33,34)35)11(36,37)38;/h;1H/q+1;/p-1. The number of hydrogen-bond donors (Lipinski definition) is 0. The summed E-state index contributed by atoms with van der Waals surface area (Å²) < 4.78 is 379. The molecule has 0 aromatic heterocycles. The molecular formula is C12F28INO2S. The highest BCUT2D eigenvalue weighted by atomic mass is 127. The van der Waals surface area contributed by atoms with Gasteiger partial charge in [-0.2, -0.15) is 74.6 Å². The molecule has 0 bridgehead atoms. The van der Waals surface area contributed by atoms with Crippen LogP contribution in [-0.2, 0) is 9.84 Å². The molecule has 0 saturated carbocycles. The van der Waals surface area contributed by atoms with Gasteiger partial charge in [-0.1, -0.05) is 0 Å². The van der Waals surface area contributed by atoms with E-state index in [-0.39, 0.29) is 24.0 Å². The Bertz CT molecular complexity index is 1150. The summed E-state index contributed by atoms with van der Waals surface area (Å²) in [6.45, 7) is 0. The Balaban J connectivity index is 0. The van der Waals surface area contributed by atoms with E-state index in [1.807, 2.05) is 0 Å². The summed E-state index contributed by atoms with van der Waals surface area (Å²) in [7, 11) is -11.0. The summed E-state index contributed by atoms with van der Waals surface area (Å²) in [5.41, 5.74) is 0. The van der Waals surface area contributed by atoms with Crippen LogP contribution in [0.15, 0.2) is 0 Å². The third-order valence-corrected chi connectivity index (χ3v) is 6.74. The molecule has 0 heterocycles. The number of halogens is 29. The molecule has 0 aromatic rings. The van der Waals surface area contributed by atoms with Gasteiger partial charge in [0.25, 0.3) is 0 Å². The van der Waals surface area contributed by atoms with Crippen molar-refractivity contribution < 1.29 is 160 Å². The highest BCUT2D eigenvalue weighted by Gasteiger charge is 3.02. The molecule has 0 amide bonds. The number of nitrogens with zero attached hydrogens (tertiary/aromatic N) is 1. The molecular weight excluding hydrogens is 881 g/mol. The summed E-state index contributed by atoms with van der Waals surface area (Å²) in [5.74, 6) is -57.3. The molecule has 0 saturated heterocycles. The molecule has 33 heteroatoms. The van der Waals surface area contributed by atoms with Gasteiger partial charge in [0, 0.05) is 4.48 Å². The van der Waals surface area contributed by atoms with Crippen LogP contribution in [0.2, 0.25) is 0 Å². The van der Waals surface area contributed by atoms with Crippen molar-refractivity contribution in [1.82, 2.24) is 0 Å². The second kappa shape index (κ2) is 10.8. The molecule has 0 aliphatic carbocycles. The lowest BCUT2D eigenvalue weighted by Gasteiger charge is -2.45. The van der Waals surface area contributed by atoms with Crippen LogP contribution in [0.5, 0.6) is 0 Å². The Morgan fingerprint density at radius 3 is 0.733 bits per heavy atom. The lowest BCUT2D eigenvalue weighted by atomic mass is 9.91. The van der Waals surface area contributed by atoms with E-state index in [2.05, 4.69) is 0 Å². The minimum atomic E-state index is -11.0. The summed E-state index contributed by atoms with van der Waals surface area (Å²) in [6.07, 6.45) is -35.8. The van der Waals surface area contributed by atoms with Crippen molar-refractivity contribution in [3.63, 3.8) is 0 Å². The van der Waals surface area contributed by atoms with Gasteiger partial charge < -0.3 is 24.0 Å². The van der Waals surface area contributed by atoms with Gasteiger partial charge in [-0.15, -0.1) is 48.3 Å². The van der Waals surface area contributed by atoms with Gasteiger partial charge in [0.05, 0.1) is 0 Å². The van der Waals surface area contributed by atoms with E-state index in [1.54, 1.807) is 0 Å². The van der Waals surface area contributed by atoms with Gasteiger partial charge in [-0.05, 0) is 0 Å². The summed E-state index contributed by atoms with van der Waals surface area (Å²) >= 11 is 0. The Morgan fingerprint density at radius 1 is 0.333 bits per heavy atom. The largest absolute Gasteiger partial charge is 1.00 e. The molecule has 0 radical (unpaired) electrons. The molecule has 45 heavy (non-hydrogen) atoms. The minimum Gasteiger partial charge on any atom is -1.00 e. The molecule has 0 spiro atoms. The number of quaternary nitrogens is 1. The maximum atomic E-state index is 13.9. The third kappa shape index (κ3) is 5.28. The highest BCUT2D eigenvalue weighted by Crippen LogP contribution is 2.67. The predicted molar refractivity (Wildman–Crippen MR) is 73.0 cm³/mol. The summed E-state index contributed by atoms with van der Waals surface area (Å²) in [6, 6.07) is 0. The number of rotatable bonds is 9. The van der Waals surface area contributed by atoms with Crippen LogP contribution in [0.25, 0.3) is 0 Å². The van der Waals surface area contributed by atoms with E-state index in [0.29, 0.717) is 0 Å². The molecule has 0 fully saturated rings. The van der Waals surface area contributed by atoms with E-state index < -0.39 is 85.6 Å². The maximum Gasteiger partial charge on any atom is 0.582 e. The van der Waals surface area contributed by atoms with E-state index in [9.17, 15) is 131 Å². The van der Waals surface area contributed by atoms with Gasteiger partial charge in [-0.25, -0.2) is 8.42 Å². The molecule has 0 aromatic carbocycles. The third-order valence-electron chi connectivity index (χ3n) is 4.89. The molecule has 0 aliphatic heterocycles. The molecule has 0 rings (SSSR count).